The fourth-order valence-corrected chi connectivity index (χ4v) is 4.08. The van der Waals surface area contributed by atoms with Gasteiger partial charge in [0.05, 0.1) is 25.3 Å². The van der Waals surface area contributed by atoms with E-state index in [1.807, 2.05) is 62.4 Å². The molecule has 0 aliphatic carbocycles. The first-order chi connectivity index (χ1) is 17.0. The number of carbonyl (C=O) groups excluding carboxylic acids is 1. The van der Waals surface area contributed by atoms with Crippen LogP contribution in [0.5, 0.6) is 11.5 Å². The third-order valence-corrected chi connectivity index (χ3v) is 5.83. The zero-order valence-corrected chi connectivity index (χ0v) is 20.4. The van der Waals surface area contributed by atoms with Crippen molar-refractivity contribution in [1.29, 1.82) is 0 Å². The second-order valence-corrected chi connectivity index (χ2v) is 8.04. The Hall–Kier alpha value is -3.85. The number of aromatic nitrogens is 2. The molecule has 184 valence electrons. The van der Waals surface area contributed by atoms with Crippen LogP contribution in [0.4, 0.5) is 4.79 Å². The minimum Gasteiger partial charge on any atom is -0.497 e. The first-order valence-corrected chi connectivity index (χ1v) is 11.5. The molecule has 0 spiro atoms. The predicted octanol–water partition coefficient (Wildman–Crippen LogP) is 4.68. The molecule has 0 saturated heterocycles. The normalized spacial score (nSPS) is 15.8. The Morgan fingerprint density at radius 2 is 1.91 bits per heavy atom. The molecular formula is C26H30N4O5. The average Bonchev–Trinajstić information content (AvgIpc) is 3.36. The number of amides is 2. The Labute approximate surface area is 204 Å². The predicted molar refractivity (Wildman–Crippen MR) is 131 cm³/mol. The summed E-state index contributed by atoms with van der Waals surface area (Å²) in [5, 5.41) is 7.31. The molecule has 1 aromatic heterocycles. The third kappa shape index (κ3) is 5.30. The summed E-state index contributed by atoms with van der Waals surface area (Å²) in [6, 6.07) is 14.4. The van der Waals surface area contributed by atoms with Gasteiger partial charge in [0.15, 0.2) is 0 Å². The number of rotatable bonds is 10. The van der Waals surface area contributed by atoms with E-state index in [1.165, 1.54) is 0 Å². The number of allylic oxidation sites excluding steroid dienone is 1. The summed E-state index contributed by atoms with van der Waals surface area (Å²) >= 11 is 0. The zero-order valence-electron chi connectivity index (χ0n) is 20.4. The molecule has 0 saturated carbocycles. The van der Waals surface area contributed by atoms with Crippen molar-refractivity contribution in [1.82, 2.24) is 20.4 Å². The molecule has 1 aliphatic heterocycles. The molecule has 0 fully saturated rings. The fraction of sp³-hybridized carbons (Fsp3) is 0.346. The van der Waals surface area contributed by atoms with E-state index < -0.39 is 6.04 Å². The third-order valence-electron chi connectivity index (χ3n) is 5.83. The second kappa shape index (κ2) is 11.1. The molecule has 9 nitrogen and oxygen atoms in total. The number of ether oxygens (including phenoxy) is 3. The molecule has 1 atom stereocenters. The van der Waals surface area contributed by atoms with Gasteiger partial charge in [-0.05, 0) is 62.2 Å². The van der Waals surface area contributed by atoms with E-state index >= 15 is 0 Å². The van der Waals surface area contributed by atoms with Gasteiger partial charge in [-0.2, -0.15) is 4.98 Å². The summed E-state index contributed by atoms with van der Waals surface area (Å²) < 4.78 is 21.8. The number of nitrogens with zero attached hydrogens (tertiary/aromatic N) is 3. The molecule has 1 unspecified atom stereocenters. The van der Waals surface area contributed by atoms with E-state index in [4.69, 9.17) is 23.7 Å². The summed E-state index contributed by atoms with van der Waals surface area (Å²) in [7, 11) is 3.25. The van der Waals surface area contributed by atoms with Crippen molar-refractivity contribution in [2.24, 2.45) is 0 Å². The number of benzene rings is 2. The van der Waals surface area contributed by atoms with Crippen LogP contribution < -0.4 is 14.8 Å². The maximum absolute atomic E-state index is 13.1. The minimum atomic E-state index is -0.482. The number of methoxy groups -OCH3 is 2. The molecule has 0 bridgehead atoms. The molecule has 9 heteroatoms. The van der Waals surface area contributed by atoms with E-state index in [0.717, 1.165) is 28.1 Å². The van der Waals surface area contributed by atoms with Crippen LogP contribution in [0, 0.1) is 0 Å². The van der Waals surface area contributed by atoms with Crippen molar-refractivity contribution in [2.75, 3.05) is 34.0 Å². The van der Waals surface area contributed by atoms with E-state index in [0.29, 0.717) is 43.6 Å². The summed E-state index contributed by atoms with van der Waals surface area (Å²) in [6.07, 6.45) is 0.694. The van der Waals surface area contributed by atoms with Crippen LogP contribution in [-0.4, -0.2) is 55.0 Å². The molecular weight excluding hydrogens is 448 g/mol. The van der Waals surface area contributed by atoms with Crippen LogP contribution >= 0.6 is 0 Å². The van der Waals surface area contributed by atoms with Gasteiger partial charge in [0.1, 0.15) is 11.5 Å². The van der Waals surface area contributed by atoms with Crippen molar-refractivity contribution in [3.8, 4) is 22.9 Å². The quantitative estimate of drug-likeness (QED) is 0.423. The molecule has 2 heterocycles. The second-order valence-electron chi connectivity index (χ2n) is 8.04. The van der Waals surface area contributed by atoms with Crippen LogP contribution in [0.1, 0.15) is 37.8 Å². The van der Waals surface area contributed by atoms with Gasteiger partial charge in [-0.25, -0.2) is 4.79 Å². The Morgan fingerprint density at radius 3 is 2.63 bits per heavy atom. The lowest BCUT2D eigenvalue weighted by molar-refractivity contribution is 0.174. The number of carbonyl (C=O) groups is 1. The van der Waals surface area contributed by atoms with Crippen molar-refractivity contribution < 1.29 is 23.5 Å². The number of hydrogen-bond acceptors (Lipinski definition) is 7. The lowest BCUT2D eigenvalue weighted by atomic mass is 9.94. The minimum absolute atomic E-state index is 0.193. The first kappa shape index (κ1) is 24.3. The van der Waals surface area contributed by atoms with Crippen molar-refractivity contribution in [3.63, 3.8) is 0 Å². The van der Waals surface area contributed by atoms with Gasteiger partial charge in [0.2, 0.25) is 5.82 Å². The Morgan fingerprint density at radius 1 is 1.11 bits per heavy atom. The van der Waals surface area contributed by atoms with Crippen LogP contribution in [0.3, 0.4) is 0 Å². The Balaban J connectivity index is 1.73. The lowest BCUT2D eigenvalue weighted by Gasteiger charge is -2.35. The molecule has 3 aromatic rings. The van der Waals surface area contributed by atoms with Crippen molar-refractivity contribution in [3.05, 3.63) is 65.7 Å². The van der Waals surface area contributed by atoms with Crippen molar-refractivity contribution in [2.45, 2.75) is 26.3 Å². The van der Waals surface area contributed by atoms with Gasteiger partial charge < -0.3 is 24.1 Å². The highest BCUT2D eigenvalue weighted by atomic mass is 16.5. The molecule has 35 heavy (non-hydrogen) atoms. The highest BCUT2D eigenvalue weighted by Crippen LogP contribution is 2.38. The molecule has 2 amide bonds. The number of hydrogen-bond donors (Lipinski definition) is 1. The maximum Gasteiger partial charge on any atom is 0.322 e. The van der Waals surface area contributed by atoms with Gasteiger partial charge in [-0.3, -0.25) is 4.90 Å². The van der Waals surface area contributed by atoms with E-state index in [-0.39, 0.29) is 6.03 Å². The van der Waals surface area contributed by atoms with Crippen LogP contribution in [-0.2, 0) is 4.74 Å². The molecule has 2 aromatic carbocycles. The largest absolute Gasteiger partial charge is 0.497 e. The Kier molecular flexibility index (Phi) is 7.67. The number of nitrogens with one attached hydrogen (secondary N) is 1. The van der Waals surface area contributed by atoms with Gasteiger partial charge in [0.25, 0.3) is 5.89 Å². The van der Waals surface area contributed by atoms with Gasteiger partial charge >= 0.3 is 6.03 Å². The van der Waals surface area contributed by atoms with Gasteiger partial charge in [-0.15, -0.1) is 0 Å². The monoisotopic (exact) mass is 478 g/mol. The van der Waals surface area contributed by atoms with Crippen LogP contribution in [0.2, 0.25) is 0 Å². The fourth-order valence-electron chi connectivity index (χ4n) is 4.08. The van der Waals surface area contributed by atoms with Gasteiger partial charge in [-0.1, -0.05) is 17.3 Å². The first-order valence-electron chi connectivity index (χ1n) is 11.5. The zero-order chi connectivity index (χ0) is 24.8. The molecule has 1 aliphatic rings. The standard InChI is InChI=1S/C26H30N4O5/c1-5-34-20-12-10-18(11-13-20)24-28-25(35-29-24)22-17(2)30(14-7-15-32-3)26(31)27-23(22)19-8-6-9-21(16-19)33-4/h6,8-13,16,23H,5,7,14-15H2,1-4H3,(H,27,31). The van der Waals surface area contributed by atoms with E-state index in [2.05, 4.69) is 10.5 Å². The SMILES string of the molecule is CCOc1ccc(-c2noc(C3=C(C)N(CCCOC)C(=O)NC3c3cccc(OC)c3)n2)cc1. The smallest absolute Gasteiger partial charge is 0.322 e. The van der Waals surface area contributed by atoms with Crippen molar-refractivity contribution >= 4 is 11.6 Å². The average molecular weight is 479 g/mol. The summed E-state index contributed by atoms with van der Waals surface area (Å²) in [5.74, 6) is 2.27. The maximum atomic E-state index is 13.1. The highest BCUT2D eigenvalue weighted by Gasteiger charge is 2.35. The summed E-state index contributed by atoms with van der Waals surface area (Å²) in [4.78, 5) is 19.4. The topological polar surface area (TPSA) is 99.0 Å². The summed E-state index contributed by atoms with van der Waals surface area (Å²) in [6.45, 7) is 5.48. The molecule has 0 radical (unpaired) electrons. The van der Waals surface area contributed by atoms with Crippen LogP contribution in [0.25, 0.3) is 17.0 Å². The molecule has 1 N–H and O–H groups in total. The van der Waals surface area contributed by atoms with Crippen LogP contribution in [0.15, 0.2) is 58.8 Å². The lowest BCUT2D eigenvalue weighted by Crippen LogP contribution is -2.46. The number of urea groups is 1. The highest BCUT2D eigenvalue weighted by molar-refractivity contribution is 5.87. The van der Waals surface area contributed by atoms with E-state index in [1.54, 1.807) is 19.1 Å². The molecule has 4 rings (SSSR count). The van der Waals surface area contributed by atoms with E-state index in [9.17, 15) is 4.79 Å². The van der Waals surface area contributed by atoms with Gasteiger partial charge in [0, 0.05) is 31.5 Å². The Bertz CT molecular complexity index is 1190. The summed E-state index contributed by atoms with van der Waals surface area (Å²) in [5.41, 5.74) is 3.14.